The predicted octanol–water partition coefficient (Wildman–Crippen LogP) is 5.02. The van der Waals surface area contributed by atoms with Crippen molar-refractivity contribution < 1.29 is 8.81 Å². The number of benzene rings is 1. The number of rotatable bonds is 2. The van der Waals surface area contributed by atoms with Gasteiger partial charge < -0.3 is 4.42 Å². The lowest BCUT2D eigenvalue weighted by Gasteiger charge is -2.14. The first-order chi connectivity index (χ1) is 7.99. The number of alkyl halides is 1. The zero-order chi connectivity index (χ0) is 12.6. The zero-order valence-electron chi connectivity index (χ0n) is 9.43. The van der Waals surface area contributed by atoms with Crippen molar-refractivity contribution in [3.05, 3.63) is 57.8 Å². The molecular formula is C13H11Cl2FO. The van der Waals surface area contributed by atoms with Gasteiger partial charge in [-0.25, -0.2) is 4.39 Å². The molecule has 1 atom stereocenters. The molecule has 2 aromatic rings. The molecule has 0 N–H and O–H groups in total. The molecule has 0 aliphatic carbocycles. The van der Waals surface area contributed by atoms with Crippen molar-refractivity contribution in [1.82, 2.24) is 0 Å². The molecule has 0 saturated heterocycles. The summed E-state index contributed by atoms with van der Waals surface area (Å²) < 4.78 is 18.5. The van der Waals surface area contributed by atoms with Gasteiger partial charge in [-0.05, 0) is 66.4 Å². The minimum Gasteiger partial charge on any atom is -0.448 e. The Hall–Kier alpha value is -0.990. The molecule has 1 heterocycles. The summed E-state index contributed by atoms with van der Waals surface area (Å²) in [6.07, 6.45) is 0. The molecule has 2 rings (SSSR count). The molecule has 0 spiro atoms. The van der Waals surface area contributed by atoms with E-state index in [0.29, 0.717) is 11.0 Å². The lowest BCUT2D eigenvalue weighted by atomic mass is 9.98. The molecule has 0 aliphatic rings. The molecular weight excluding hydrogens is 262 g/mol. The largest absolute Gasteiger partial charge is 0.448 e. The maximum absolute atomic E-state index is 13.2. The van der Waals surface area contributed by atoms with Gasteiger partial charge in [0.15, 0.2) is 5.22 Å². The molecule has 0 aliphatic heterocycles. The first-order valence-corrected chi connectivity index (χ1v) is 5.96. The van der Waals surface area contributed by atoms with E-state index >= 15 is 0 Å². The van der Waals surface area contributed by atoms with Gasteiger partial charge in [-0.2, -0.15) is 0 Å². The van der Waals surface area contributed by atoms with Crippen LogP contribution < -0.4 is 0 Å². The smallest absolute Gasteiger partial charge is 0.193 e. The maximum atomic E-state index is 13.2. The summed E-state index contributed by atoms with van der Waals surface area (Å²) in [7, 11) is 0. The Labute approximate surface area is 109 Å². The van der Waals surface area contributed by atoms with Gasteiger partial charge in [-0.15, -0.1) is 11.6 Å². The van der Waals surface area contributed by atoms with Crippen LogP contribution in [-0.2, 0) is 0 Å². The van der Waals surface area contributed by atoms with Crippen molar-refractivity contribution in [3.8, 4) is 0 Å². The Morgan fingerprint density at radius 1 is 1.18 bits per heavy atom. The van der Waals surface area contributed by atoms with Gasteiger partial charge in [0.1, 0.15) is 17.0 Å². The van der Waals surface area contributed by atoms with Crippen LogP contribution in [0.5, 0.6) is 0 Å². The fourth-order valence-electron chi connectivity index (χ4n) is 1.93. The summed E-state index contributed by atoms with van der Waals surface area (Å²) in [6, 6.07) is 6.28. The van der Waals surface area contributed by atoms with E-state index in [9.17, 15) is 4.39 Å². The Kier molecular flexibility index (Phi) is 3.45. The molecule has 0 fully saturated rings. The molecule has 1 nitrogen and oxygen atoms in total. The standard InChI is InChI=1S/C13H11Cl2FO/c1-7-5-9(16)6-8(2)12(7)13(15)10-3-4-11(14)17-10/h3-6,13H,1-2H3. The summed E-state index contributed by atoms with van der Waals surface area (Å²) in [6.45, 7) is 3.65. The average molecular weight is 273 g/mol. The molecule has 4 heteroatoms. The van der Waals surface area contributed by atoms with Crippen LogP contribution in [0.25, 0.3) is 0 Å². The van der Waals surface area contributed by atoms with Crippen molar-refractivity contribution in [1.29, 1.82) is 0 Å². The summed E-state index contributed by atoms with van der Waals surface area (Å²) >= 11 is 12.0. The highest BCUT2D eigenvalue weighted by molar-refractivity contribution is 6.29. The van der Waals surface area contributed by atoms with E-state index in [2.05, 4.69) is 0 Å². The Morgan fingerprint density at radius 2 is 1.76 bits per heavy atom. The van der Waals surface area contributed by atoms with Crippen LogP contribution in [0.4, 0.5) is 4.39 Å². The van der Waals surface area contributed by atoms with Crippen molar-refractivity contribution >= 4 is 23.2 Å². The number of aryl methyl sites for hydroxylation is 2. The van der Waals surface area contributed by atoms with Gasteiger partial charge in [-0.3, -0.25) is 0 Å². The van der Waals surface area contributed by atoms with Gasteiger partial charge in [-0.1, -0.05) is 0 Å². The third kappa shape index (κ3) is 2.48. The van der Waals surface area contributed by atoms with E-state index < -0.39 is 5.38 Å². The fraction of sp³-hybridized carbons (Fsp3) is 0.231. The number of hydrogen-bond donors (Lipinski definition) is 0. The molecule has 90 valence electrons. The molecule has 1 unspecified atom stereocenters. The predicted molar refractivity (Wildman–Crippen MR) is 67.3 cm³/mol. The van der Waals surface area contributed by atoms with E-state index in [1.807, 2.05) is 13.8 Å². The minimum atomic E-state index is -0.455. The lowest BCUT2D eigenvalue weighted by molar-refractivity contribution is 0.517. The molecule has 17 heavy (non-hydrogen) atoms. The summed E-state index contributed by atoms with van der Waals surface area (Å²) in [5.74, 6) is 0.305. The molecule has 1 aromatic heterocycles. The van der Waals surface area contributed by atoms with E-state index in [-0.39, 0.29) is 5.82 Å². The highest BCUT2D eigenvalue weighted by Gasteiger charge is 2.19. The number of hydrogen-bond acceptors (Lipinski definition) is 1. The molecule has 0 amide bonds. The van der Waals surface area contributed by atoms with Crippen LogP contribution >= 0.6 is 23.2 Å². The Balaban J connectivity index is 2.47. The zero-order valence-corrected chi connectivity index (χ0v) is 10.9. The van der Waals surface area contributed by atoms with Crippen molar-refractivity contribution in [2.24, 2.45) is 0 Å². The van der Waals surface area contributed by atoms with E-state index in [1.54, 1.807) is 12.1 Å². The van der Waals surface area contributed by atoms with Crippen LogP contribution in [0.15, 0.2) is 28.7 Å². The van der Waals surface area contributed by atoms with Gasteiger partial charge in [0.05, 0.1) is 0 Å². The van der Waals surface area contributed by atoms with E-state index in [1.165, 1.54) is 12.1 Å². The SMILES string of the molecule is Cc1cc(F)cc(C)c1C(Cl)c1ccc(Cl)o1. The van der Waals surface area contributed by atoms with Crippen molar-refractivity contribution in [2.75, 3.05) is 0 Å². The Morgan fingerprint density at radius 3 is 2.24 bits per heavy atom. The van der Waals surface area contributed by atoms with Crippen molar-refractivity contribution in [3.63, 3.8) is 0 Å². The molecule has 1 aromatic carbocycles. The second-order valence-electron chi connectivity index (χ2n) is 3.96. The Bertz CT molecular complexity index is 525. The third-order valence-electron chi connectivity index (χ3n) is 2.66. The minimum absolute atomic E-state index is 0.259. The lowest BCUT2D eigenvalue weighted by Crippen LogP contribution is -1.99. The fourth-order valence-corrected chi connectivity index (χ4v) is 2.54. The summed E-state index contributed by atoms with van der Waals surface area (Å²) in [5, 5.41) is -0.161. The van der Waals surface area contributed by atoms with Gasteiger partial charge in [0, 0.05) is 0 Å². The summed E-state index contributed by atoms with van der Waals surface area (Å²) in [5.41, 5.74) is 2.46. The van der Waals surface area contributed by atoms with Gasteiger partial charge >= 0.3 is 0 Å². The second-order valence-corrected chi connectivity index (χ2v) is 4.77. The third-order valence-corrected chi connectivity index (χ3v) is 3.29. The highest BCUT2D eigenvalue weighted by Crippen LogP contribution is 2.35. The van der Waals surface area contributed by atoms with Crippen LogP contribution in [0.3, 0.4) is 0 Å². The van der Waals surface area contributed by atoms with Crippen molar-refractivity contribution in [2.45, 2.75) is 19.2 Å². The van der Waals surface area contributed by atoms with Gasteiger partial charge in [0.2, 0.25) is 0 Å². The summed E-state index contributed by atoms with van der Waals surface area (Å²) in [4.78, 5) is 0. The normalized spacial score (nSPS) is 12.8. The molecule has 0 saturated carbocycles. The number of furan rings is 1. The highest BCUT2D eigenvalue weighted by atomic mass is 35.5. The first kappa shape index (κ1) is 12.5. The average Bonchev–Trinajstić information content (AvgIpc) is 2.63. The van der Waals surface area contributed by atoms with Crippen LogP contribution in [-0.4, -0.2) is 0 Å². The maximum Gasteiger partial charge on any atom is 0.193 e. The monoisotopic (exact) mass is 272 g/mol. The quantitative estimate of drug-likeness (QED) is 0.700. The van der Waals surface area contributed by atoms with E-state index in [4.69, 9.17) is 27.6 Å². The number of halogens is 3. The topological polar surface area (TPSA) is 13.1 Å². The molecule has 0 bridgehead atoms. The van der Waals surface area contributed by atoms with Crippen LogP contribution in [0.1, 0.15) is 27.8 Å². The van der Waals surface area contributed by atoms with Gasteiger partial charge in [0.25, 0.3) is 0 Å². The molecule has 0 radical (unpaired) electrons. The first-order valence-electron chi connectivity index (χ1n) is 5.15. The van der Waals surface area contributed by atoms with E-state index in [0.717, 1.165) is 16.7 Å². The second kappa shape index (κ2) is 4.71. The van der Waals surface area contributed by atoms with Crippen LogP contribution in [0.2, 0.25) is 5.22 Å². The van der Waals surface area contributed by atoms with Crippen LogP contribution in [0, 0.1) is 19.7 Å².